The van der Waals surface area contributed by atoms with Gasteiger partial charge in [-0.2, -0.15) is 5.10 Å². The predicted octanol–water partition coefficient (Wildman–Crippen LogP) is 6.30. The number of likely N-dealkylation sites (tertiary alicyclic amines) is 1. The Bertz CT molecular complexity index is 1880. The highest BCUT2D eigenvalue weighted by Crippen LogP contribution is 2.50. The predicted molar refractivity (Wildman–Crippen MR) is 173 cm³/mol. The van der Waals surface area contributed by atoms with E-state index >= 15 is 0 Å². The molecule has 2 aliphatic rings. The average molecular weight is 612 g/mol. The monoisotopic (exact) mass is 611 g/mol. The van der Waals surface area contributed by atoms with Crippen LogP contribution >= 0.6 is 11.3 Å². The first-order valence-corrected chi connectivity index (χ1v) is 15.7. The number of methoxy groups -OCH3 is 1. The fraction of sp³-hybridized carbons (Fsp3) is 0.324. The van der Waals surface area contributed by atoms with Gasteiger partial charge in [0, 0.05) is 84.0 Å². The Morgan fingerprint density at radius 3 is 2.73 bits per heavy atom. The molecule has 10 heteroatoms. The van der Waals surface area contributed by atoms with Crippen molar-refractivity contribution < 1.29 is 18.7 Å². The van der Waals surface area contributed by atoms with Crippen molar-refractivity contribution in [3.8, 4) is 28.1 Å². The molecule has 0 bridgehead atoms. The Hall–Kier alpha value is -4.28. The molecule has 2 fully saturated rings. The van der Waals surface area contributed by atoms with E-state index in [0.29, 0.717) is 19.0 Å². The Labute approximate surface area is 259 Å². The number of amides is 1. The minimum absolute atomic E-state index is 0.00401. The van der Waals surface area contributed by atoms with E-state index in [1.165, 1.54) is 18.2 Å². The second-order valence-electron chi connectivity index (χ2n) is 11.7. The molecule has 1 spiro atoms. The molecule has 5 heterocycles. The zero-order valence-electron chi connectivity index (χ0n) is 24.9. The first kappa shape index (κ1) is 28.5. The summed E-state index contributed by atoms with van der Waals surface area (Å²) in [7, 11) is 3.56. The zero-order chi connectivity index (χ0) is 30.4. The molecule has 3 aromatic heterocycles. The van der Waals surface area contributed by atoms with Crippen LogP contribution in [0.3, 0.4) is 0 Å². The molecule has 0 radical (unpaired) electrons. The number of aryl methyl sites for hydroxylation is 1. The van der Waals surface area contributed by atoms with E-state index in [1.54, 1.807) is 24.5 Å². The summed E-state index contributed by atoms with van der Waals surface area (Å²) in [5, 5.41) is 8.61. The van der Waals surface area contributed by atoms with Crippen molar-refractivity contribution in [2.45, 2.75) is 12.8 Å². The van der Waals surface area contributed by atoms with Gasteiger partial charge in [-0.3, -0.25) is 9.48 Å². The van der Waals surface area contributed by atoms with Crippen LogP contribution in [0.1, 0.15) is 12.8 Å². The number of halogens is 1. The van der Waals surface area contributed by atoms with Gasteiger partial charge in [0.2, 0.25) is 5.91 Å². The van der Waals surface area contributed by atoms with Crippen molar-refractivity contribution in [3.63, 3.8) is 0 Å². The van der Waals surface area contributed by atoms with Crippen molar-refractivity contribution in [3.05, 3.63) is 72.5 Å². The number of hydrogen-bond donors (Lipinski definition) is 0. The summed E-state index contributed by atoms with van der Waals surface area (Å²) in [4.78, 5) is 21.8. The van der Waals surface area contributed by atoms with E-state index in [2.05, 4.69) is 46.2 Å². The number of thiophene rings is 1. The molecule has 5 aromatic rings. The molecule has 7 rings (SSSR count). The van der Waals surface area contributed by atoms with Crippen LogP contribution in [-0.2, 0) is 16.6 Å². The number of hydrogen-bond acceptors (Lipinski definition) is 7. The highest BCUT2D eigenvalue weighted by Gasteiger charge is 2.46. The van der Waals surface area contributed by atoms with E-state index in [4.69, 9.17) is 14.5 Å². The number of fused-ring (bicyclic) bond motifs is 2. The summed E-state index contributed by atoms with van der Waals surface area (Å²) in [6.45, 7) is 7.48. The van der Waals surface area contributed by atoms with Gasteiger partial charge in [-0.15, -0.1) is 11.3 Å². The number of aromatic nitrogens is 3. The maximum Gasteiger partial charge on any atom is 0.245 e. The van der Waals surface area contributed by atoms with Gasteiger partial charge < -0.3 is 19.3 Å². The third-order valence-corrected chi connectivity index (χ3v) is 9.96. The molecule has 2 aliphatic heterocycles. The summed E-state index contributed by atoms with van der Waals surface area (Å²) in [5.74, 6) is 0.967. The number of piperidine rings is 1. The number of nitrogens with zero attached hydrogens (tertiary/aromatic N) is 5. The number of carbonyl (C=O) groups excluding carboxylic acids is 1. The van der Waals surface area contributed by atoms with Crippen molar-refractivity contribution in [2.24, 2.45) is 12.5 Å². The van der Waals surface area contributed by atoms with Crippen LogP contribution in [0, 0.1) is 11.2 Å². The van der Waals surface area contributed by atoms with Gasteiger partial charge in [-0.1, -0.05) is 12.6 Å². The SMILES string of the molecule is C=CC(=O)N1CCC2(CC1)CN(c1nc(-c3ccc4c(cnn4C)c3)c3ccsc3c1-c1ccc(F)cc1OCCOC)C2. The highest BCUT2D eigenvalue weighted by atomic mass is 32.1. The van der Waals surface area contributed by atoms with Gasteiger partial charge in [0.1, 0.15) is 24.0 Å². The lowest BCUT2D eigenvalue weighted by molar-refractivity contribution is -0.128. The molecule has 8 nitrogen and oxygen atoms in total. The van der Waals surface area contributed by atoms with Gasteiger partial charge in [-0.25, -0.2) is 9.37 Å². The molecule has 0 unspecified atom stereocenters. The lowest BCUT2D eigenvalue weighted by Gasteiger charge is -2.54. The van der Waals surface area contributed by atoms with Crippen molar-refractivity contribution in [1.29, 1.82) is 0 Å². The van der Waals surface area contributed by atoms with E-state index < -0.39 is 0 Å². The molecule has 226 valence electrons. The lowest BCUT2D eigenvalue weighted by Crippen LogP contribution is -2.61. The first-order chi connectivity index (χ1) is 21.4. The fourth-order valence-electron chi connectivity index (χ4n) is 6.63. The summed E-state index contributed by atoms with van der Waals surface area (Å²) in [6.07, 6.45) is 5.15. The number of pyridine rings is 1. The highest BCUT2D eigenvalue weighted by molar-refractivity contribution is 7.18. The lowest BCUT2D eigenvalue weighted by atomic mass is 9.71. The number of anilines is 1. The summed E-state index contributed by atoms with van der Waals surface area (Å²) in [5.41, 5.74) is 4.85. The van der Waals surface area contributed by atoms with Crippen LogP contribution in [-0.4, -0.2) is 72.1 Å². The zero-order valence-corrected chi connectivity index (χ0v) is 25.7. The second kappa shape index (κ2) is 11.3. The maximum absolute atomic E-state index is 14.6. The molecule has 44 heavy (non-hydrogen) atoms. The largest absolute Gasteiger partial charge is 0.490 e. The van der Waals surface area contributed by atoms with Gasteiger partial charge in [0.15, 0.2) is 0 Å². The quantitative estimate of drug-likeness (QED) is 0.152. The molecule has 0 atom stereocenters. The van der Waals surface area contributed by atoms with Gasteiger partial charge in [0.05, 0.1) is 24.0 Å². The van der Waals surface area contributed by atoms with Gasteiger partial charge in [-0.05, 0) is 54.6 Å². The van der Waals surface area contributed by atoms with Crippen LogP contribution in [0.2, 0.25) is 0 Å². The molecule has 2 aromatic carbocycles. The molecular formula is C34H34FN5O3S. The van der Waals surface area contributed by atoms with Crippen LogP contribution < -0.4 is 9.64 Å². The Morgan fingerprint density at radius 2 is 1.95 bits per heavy atom. The van der Waals surface area contributed by atoms with Crippen molar-refractivity contribution in [1.82, 2.24) is 19.7 Å². The minimum Gasteiger partial charge on any atom is -0.490 e. The molecule has 0 N–H and O–H groups in total. The van der Waals surface area contributed by atoms with Crippen LogP contribution in [0.15, 0.2) is 66.7 Å². The van der Waals surface area contributed by atoms with Crippen molar-refractivity contribution >= 4 is 44.1 Å². The smallest absolute Gasteiger partial charge is 0.245 e. The number of ether oxygens (including phenoxy) is 2. The topological polar surface area (TPSA) is 72.7 Å². The van der Waals surface area contributed by atoms with E-state index in [1.807, 2.05) is 22.8 Å². The Kier molecular flexibility index (Phi) is 7.34. The standard InChI is InChI=1S/C34H34FN5O3S/c1-4-29(41)39-12-10-34(11-13-39)20-40(21-34)33-30(25-7-6-24(35)18-28(25)43-15-14-42-3)32-26(9-16-44-32)31(37-33)22-5-8-27-23(17-22)19-36-38(27)2/h4-9,16-19H,1,10-15,20-21H2,2-3H3. The Balaban J connectivity index is 1.34. The maximum atomic E-state index is 14.6. The van der Waals surface area contributed by atoms with Crippen molar-refractivity contribution in [2.75, 3.05) is 51.4 Å². The summed E-state index contributed by atoms with van der Waals surface area (Å²) in [6, 6.07) is 13.2. The van der Waals surface area contributed by atoms with Gasteiger partial charge in [0.25, 0.3) is 0 Å². The first-order valence-electron chi connectivity index (χ1n) is 14.8. The molecule has 0 aliphatic carbocycles. The third kappa shape index (κ3) is 4.92. The van der Waals surface area contributed by atoms with Crippen LogP contribution in [0.5, 0.6) is 5.75 Å². The molecule has 2 saturated heterocycles. The number of rotatable bonds is 8. The molecule has 0 saturated carbocycles. The van der Waals surface area contributed by atoms with Crippen LogP contribution in [0.4, 0.5) is 10.2 Å². The van der Waals surface area contributed by atoms with E-state index in [0.717, 1.165) is 88.2 Å². The summed E-state index contributed by atoms with van der Waals surface area (Å²) >= 11 is 1.66. The number of carbonyl (C=O) groups is 1. The third-order valence-electron chi connectivity index (χ3n) is 9.03. The minimum atomic E-state index is -0.358. The second-order valence-corrected chi connectivity index (χ2v) is 12.6. The normalized spacial score (nSPS) is 16.1. The Morgan fingerprint density at radius 1 is 1.14 bits per heavy atom. The number of benzene rings is 2. The van der Waals surface area contributed by atoms with Gasteiger partial charge >= 0.3 is 0 Å². The van der Waals surface area contributed by atoms with E-state index in [9.17, 15) is 9.18 Å². The van der Waals surface area contributed by atoms with Crippen LogP contribution in [0.25, 0.3) is 43.4 Å². The fourth-order valence-corrected chi connectivity index (χ4v) is 7.58. The molecule has 1 amide bonds. The van der Waals surface area contributed by atoms with E-state index in [-0.39, 0.29) is 17.1 Å². The molecular weight excluding hydrogens is 577 g/mol. The average Bonchev–Trinajstić information content (AvgIpc) is 3.66. The summed E-state index contributed by atoms with van der Waals surface area (Å²) < 4.78 is 28.8.